The molecule has 38 heavy (non-hydrogen) atoms. The van der Waals surface area contributed by atoms with Crippen LogP contribution in [0.3, 0.4) is 0 Å². The largest absolute Gasteiger partial charge is 0.367 e. The molecule has 2 fully saturated rings. The number of carbonyl (C=O) groups excluding carboxylic acids is 1. The molecular weight excluding hydrogens is 500 g/mol. The van der Waals surface area contributed by atoms with Crippen LogP contribution in [0, 0.1) is 11.3 Å². The third-order valence-corrected chi connectivity index (χ3v) is 9.65. The molecule has 4 atom stereocenters. The van der Waals surface area contributed by atoms with E-state index in [4.69, 9.17) is 5.73 Å². The topological polar surface area (TPSA) is 123 Å². The van der Waals surface area contributed by atoms with Gasteiger partial charge >= 0.3 is 0 Å². The molecule has 2 aromatic rings. The molecule has 2 heterocycles. The quantitative estimate of drug-likeness (QED) is 0.579. The summed E-state index contributed by atoms with van der Waals surface area (Å²) in [6.07, 6.45) is 1.95. The van der Waals surface area contributed by atoms with Crippen LogP contribution < -0.4 is 16.0 Å². The van der Waals surface area contributed by atoms with Crippen molar-refractivity contribution in [1.29, 1.82) is 5.26 Å². The molecule has 2 aliphatic rings. The number of nitriles is 1. The maximum Gasteiger partial charge on any atom is 0.243 e. The molecule has 3 N–H and O–H groups in total. The number of piperidine rings is 1. The number of sulfonamides is 1. The van der Waals surface area contributed by atoms with Crippen LogP contribution >= 0.6 is 0 Å². The van der Waals surface area contributed by atoms with Crippen LogP contribution in [0.5, 0.6) is 0 Å². The summed E-state index contributed by atoms with van der Waals surface area (Å²) >= 11 is 0. The number of amides is 1. The first-order valence-corrected chi connectivity index (χ1v) is 14.6. The third kappa shape index (κ3) is 6.02. The average molecular weight is 539 g/mol. The van der Waals surface area contributed by atoms with Gasteiger partial charge in [0.15, 0.2) is 0 Å². The highest BCUT2D eigenvalue weighted by Crippen LogP contribution is 2.34. The number of hydrogen-bond donors (Lipinski definition) is 2. The van der Waals surface area contributed by atoms with Crippen molar-refractivity contribution < 1.29 is 13.2 Å². The zero-order valence-electron chi connectivity index (χ0n) is 22.6. The van der Waals surface area contributed by atoms with Crippen LogP contribution in [0.15, 0.2) is 47.4 Å². The van der Waals surface area contributed by atoms with Crippen molar-refractivity contribution in [2.24, 2.45) is 5.73 Å². The molecule has 2 aromatic carbocycles. The van der Waals surface area contributed by atoms with Gasteiger partial charge in [0.25, 0.3) is 0 Å². The molecule has 204 valence electrons. The highest BCUT2D eigenvalue weighted by Gasteiger charge is 2.39. The molecule has 0 spiro atoms. The fourth-order valence-electron chi connectivity index (χ4n) is 5.80. The lowest BCUT2D eigenvalue weighted by Crippen LogP contribution is -2.58. The van der Waals surface area contributed by atoms with Gasteiger partial charge in [-0.05, 0) is 69.5 Å². The number of nitrogens with one attached hydrogen (secondary N) is 1. The highest BCUT2D eigenvalue weighted by molar-refractivity contribution is 7.89. The van der Waals surface area contributed by atoms with Gasteiger partial charge in [0.05, 0.1) is 27.9 Å². The summed E-state index contributed by atoms with van der Waals surface area (Å²) in [7, 11) is -3.79. The first-order chi connectivity index (χ1) is 18.0. The Morgan fingerprint density at radius 2 is 1.82 bits per heavy atom. The Kier molecular flexibility index (Phi) is 8.43. The Bertz CT molecular complexity index is 1310. The van der Waals surface area contributed by atoms with Gasteiger partial charge in [-0.1, -0.05) is 12.1 Å². The minimum Gasteiger partial charge on any atom is -0.367 e. The first kappa shape index (κ1) is 28.0. The highest BCUT2D eigenvalue weighted by atomic mass is 32.2. The van der Waals surface area contributed by atoms with Crippen molar-refractivity contribution in [3.63, 3.8) is 0 Å². The zero-order chi connectivity index (χ0) is 27.6. The fourth-order valence-corrected chi connectivity index (χ4v) is 7.65. The minimum absolute atomic E-state index is 0.125. The molecule has 4 rings (SSSR count). The van der Waals surface area contributed by atoms with E-state index >= 15 is 0 Å². The summed E-state index contributed by atoms with van der Waals surface area (Å²) in [5, 5.41) is 12.2. The lowest BCUT2D eigenvalue weighted by atomic mass is 9.98. The predicted molar refractivity (Wildman–Crippen MR) is 149 cm³/mol. The van der Waals surface area contributed by atoms with Gasteiger partial charge in [-0.3, -0.25) is 9.69 Å². The van der Waals surface area contributed by atoms with Gasteiger partial charge in [0, 0.05) is 57.3 Å². The van der Waals surface area contributed by atoms with Crippen molar-refractivity contribution in [1.82, 2.24) is 9.21 Å². The van der Waals surface area contributed by atoms with E-state index in [1.54, 1.807) is 12.1 Å². The summed E-state index contributed by atoms with van der Waals surface area (Å²) in [5.41, 5.74) is 9.16. The van der Waals surface area contributed by atoms with E-state index < -0.39 is 10.0 Å². The van der Waals surface area contributed by atoms with Gasteiger partial charge in [-0.2, -0.15) is 9.57 Å². The van der Waals surface area contributed by atoms with Crippen LogP contribution in [0.25, 0.3) is 0 Å². The summed E-state index contributed by atoms with van der Waals surface area (Å²) in [5.74, 6) is -0.152. The Morgan fingerprint density at radius 1 is 1.11 bits per heavy atom. The standard InChI is InChI=1S/C28H38N6O3S/c1-19-12-25(30)10-11-32(19)18-24-8-9-28(27(14-24)31-22(4)35)33-16-20(2)34(21(3)17-33)38(36,37)26-7-5-6-23(13-26)15-29/h5-9,13-14,19-21,25H,10-12,16-18,30H2,1-4H3,(H,31,35)/t19-,20?,21?,25-/m1/s1. The Hall–Kier alpha value is -2.97. The molecule has 0 saturated carbocycles. The summed E-state index contributed by atoms with van der Waals surface area (Å²) in [6, 6.07) is 14.3. The van der Waals surface area contributed by atoms with Crippen LogP contribution in [0.4, 0.5) is 11.4 Å². The second-order valence-electron chi connectivity index (χ2n) is 10.7. The van der Waals surface area contributed by atoms with E-state index in [9.17, 15) is 18.5 Å². The smallest absolute Gasteiger partial charge is 0.243 e. The number of rotatable bonds is 6. The number of nitrogens with zero attached hydrogens (tertiary/aromatic N) is 4. The van der Waals surface area contributed by atoms with Crippen LogP contribution in [0.2, 0.25) is 0 Å². The molecule has 0 bridgehead atoms. The average Bonchev–Trinajstić information content (AvgIpc) is 2.85. The second kappa shape index (κ2) is 11.4. The zero-order valence-corrected chi connectivity index (χ0v) is 23.4. The van der Waals surface area contributed by atoms with Crippen LogP contribution in [0.1, 0.15) is 51.7 Å². The number of anilines is 2. The molecule has 10 heteroatoms. The lowest BCUT2D eigenvalue weighted by Gasteiger charge is -2.44. The van der Waals surface area contributed by atoms with E-state index in [-0.39, 0.29) is 28.9 Å². The molecule has 1 amide bonds. The number of piperazine rings is 1. The summed E-state index contributed by atoms with van der Waals surface area (Å²) in [4.78, 5) is 16.8. The van der Waals surface area contributed by atoms with Gasteiger partial charge in [-0.25, -0.2) is 8.42 Å². The van der Waals surface area contributed by atoms with E-state index in [1.807, 2.05) is 32.0 Å². The molecule has 0 aromatic heterocycles. The van der Waals surface area contributed by atoms with Crippen molar-refractivity contribution in [2.75, 3.05) is 29.9 Å². The maximum absolute atomic E-state index is 13.5. The molecule has 2 saturated heterocycles. The van der Waals surface area contributed by atoms with Gasteiger partial charge in [0.2, 0.25) is 15.9 Å². The van der Waals surface area contributed by atoms with Crippen molar-refractivity contribution >= 4 is 27.3 Å². The molecular formula is C28H38N6O3S. The van der Waals surface area contributed by atoms with Gasteiger partial charge < -0.3 is 16.0 Å². The van der Waals surface area contributed by atoms with E-state index in [0.29, 0.717) is 24.7 Å². The number of carbonyl (C=O) groups is 1. The fraction of sp³-hybridized carbons (Fsp3) is 0.500. The monoisotopic (exact) mass is 538 g/mol. The molecule has 2 unspecified atom stereocenters. The maximum atomic E-state index is 13.5. The number of hydrogen-bond acceptors (Lipinski definition) is 7. The Balaban J connectivity index is 1.57. The first-order valence-electron chi connectivity index (χ1n) is 13.2. The van der Waals surface area contributed by atoms with E-state index in [2.05, 4.69) is 28.1 Å². The van der Waals surface area contributed by atoms with Gasteiger partial charge in [-0.15, -0.1) is 0 Å². The van der Waals surface area contributed by atoms with E-state index in [0.717, 1.165) is 42.9 Å². The normalized spacial score (nSPS) is 25.1. The van der Waals surface area contributed by atoms with E-state index in [1.165, 1.54) is 23.4 Å². The second-order valence-corrected chi connectivity index (χ2v) is 12.6. The lowest BCUT2D eigenvalue weighted by molar-refractivity contribution is -0.114. The summed E-state index contributed by atoms with van der Waals surface area (Å²) < 4.78 is 28.6. The SMILES string of the molecule is CC(=O)Nc1cc(CN2CC[C@@H](N)C[C@H]2C)ccc1N1CC(C)N(S(=O)(=O)c2cccc(C#N)c2)C(C)C1. The van der Waals surface area contributed by atoms with Crippen LogP contribution in [-0.2, 0) is 21.4 Å². The molecule has 0 radical (unpaired) electrons. The van der Waals surface area contributed by atoms with Crippen molar-refractivity contribution in [3.05, 3.63) is 53.6 Å². The molecule has 0 aliphatic carbocycles. The van der Waals surface area contributed by atoms with Crippen molar-refractivity contribution in [3.8, 4) is 6.07 Å². The molecule has 2 aliphatic heterocycles. The molecule has 9 nitrogen and oxygen atoms in total. The van der Waals surface area contributed by atoms with Crippen LogP contribution in [-0.4, -0.2) is 67.3 Å². The third-order valence-electron chi connectivity index (χ3n) is 7.53. The Morgan fingerprint density at radius 3 is 2.45 bits per heavy atom. The number of nitrogens with two attached hydrogens (primary N) is 1. The Labute approximate surface area is 226 Å². The number of likely N-dealkylation sites (tertiary alicyclic amines) is 1. The predicted octanol–water partition coefficient (Wildman–Crippen LogP) is 3.12. The van der Waals surface area contributed by atoms with Gasteiger partial charge in [0.1, 0.15) is 0 Å². The minimum atomic E-state index is -3.79. The summed E-state index contributed by atoms with van der Waals surface area (Å²) in [6.45, 7) is 10.1. The number of benzene rings is 2. The van der Waals surface area contributed by atoms with Crippen molar-refractivity contribution in [2.45, 2.75) is 76.1 Å².